The highest BCUT2D eigenvalue weighted by molar-refractivity contribution is 5.53. The summed E-state index contributed by atoms with van der Waals surface area (Å²) in [7, 11) is 1.81. The van der Waals surface area contributed by atoms with E-state index in [1.165, 1.54) is 28.8 Å². The Labute approximate surface area is 193 Å². The largest absolute Gasteiger partial charge is 0.496 e. The highest BCUT2D eigenvalue weighted by Gasteiger charge is 2.42. The first-order valence-corrected chi connectivity index (χ1v) is 12.3. The lowest BCUT2D eigenvalue weighted by molar-refractivity contribution is -0.0111. The molecule has 4 nitrogen and oxygen atoms in total. The standard InChI is InChI=1S/C28H38N2O2/c1-20-7-5-6-8-24(20)30-17-15-29(16-18-30)14-12-26-21-9-10-25(31-4)22-11-13-28(2,3)23(19-32-26)27(21)22/h5-10,23,26H,11-19H2,1-4H3. The van der Waals surface area contributed by atoms with Crippen LogP contribution in [-0.2, 0) is 11.2 Å². The van der Waals surface area contributed by atoms with Crippen molar-refractivity contribution < 1.29 is 9.47 Å². The molecular formula is C28H38N2O2. The van der Waals surface area contributed by atoms with E-state index in [-0.39, 0.29) is 11.5 Å². The molecule has 2 aromatic rings. The first-order valence-electron chi connectivity index (χ1n) is 12.3. The molecule has 0 amide bonds. The number of hydrogen-bond acceptors (Lipinski definition) is 4. The van der Waals surface area contributed by atoms with Crippen LogP contribution in [0.5, 0.6) is 5.75 Å². The number of piperazine rings is 1. The quantitative estimate of drug-likeness (QED) is 0.634. The Hall–Kier alpha value is -2.04. The summed E-state index contributed by atoms with van der Waals surface area (Å²) in [5.41, 5.74) is 7.45. The summed E-state index contributed by atoms with van der Waals surface area (Å²) in [4.78, 5) is 5.15. The zero-order valence-corrected chi connectivity index (χ0v) is 20.2. The lowest BCUT2D eigenvalue weighted by Crippen LogP contribution is -2.47. The molecule has 0 N–H and O–H groups in total. The highest BCUT2D eigenvalue weighted by atomic mass is 16.5. The molecule has 0 saturated carbocycles. The van der Waals surface area contributed by atoms with E-state index in [1.807, 2.05) is 0 Å². The molecule has 0 bridgehead atoms. The highest BCUT2D eigenvalue weighted by Crippen LogP contribution is 2.53. The van der Waals surface area contributed by atoms with Crippen molar-refractivity contribution in [2.24, 2.45) is 5.41 Å². The zero-order chi connectivity index (χ0) is 22.3. The fourth-order valence-electron chi connectivity index (χ4n) is 6.10. The van der Waals surface area contributed by atoms with Crippen molar-refractivity contribution in [2.45, 2.75) is 52.1 Å². The molecular weight excluding hydrogens is 396 g/mol. The van der Waals surface area contributed by atoms with Crippen molar-refractivity contribution in [1.29, 1.82) is 0 Å². The first kappa shape index (κ1) is 21.8. The third-order valence-corrected chi connectivity index (χ3v) is 8.23. The van der Waals surface area contributed by atoms with Crippen LogP contribution >= 0.6 is 0 Å². The van der Waals surface area contributed by atoms with Crippen LogP contribution in [0, 0.1) is 12.3 Å². The molecule has 1 fully saturated rings. The minimum atomic E-state index is 0.203. The number of anilines is 1. The monoisotopic (exact) mass is 434 g/mol. The second-order valence-electron chi connectivity index (χ2n) is 10.5. The summed E-state index contributed by atoms with van der Waals surface area (Å²) >= 11 is 0. The Morgan fingerprint density at radius 1 is 1.06 bits per heavy atom. The van der Waals surface area contributed by atoms with E-state index in [4.69, 9.17) is 9.47 Å². The van der Waals surface area contributed by atoms with Crippen molar-refractivity contribution in [2.75, 3.05) is 51.3 Å². The van der Waals surface area contributed by atoms with Crippen molar-refractivity contribution in [3.8, 4) is 5.75 Å². The minimum absolute atomic E-state index is 0.203. The summed E-state index contributed by atoms with van der Waals surface area (Å²) in [5.74, 6) is 1.54. The summed E-state index contributed by atoms with van der Waals surface area (Å²) in [6.45, 7) is 13.4. The maximum absolute atomic E-state index is 6.53. The van der Waals surface area contributed by atoms with E-state index in [1.54, 1.807) is 12.7 Å². The fourth-order valence-corrected chi connectivity index (χ4v) is 6.10. The van der Waals surface area contributed by atoms with Gasteiger partial charge in [0.15, 0.2) is 0 Å². The van der Waals surface area contributed by atoms with Gasteiger partial charge < -0.3 is 14.4 Å². The molecule has 32 heavy (non-hydrogen) atoms. The molecule has 0 aromatic heterocycles. The third-order valence-electron chi connectivity index (χ3n) is 8.23. The fraction of sp³-hybridized carbons (Fsp3) is 0.571. The van der Waals surface area contributed by atoms with Gasteiger partial charge in [-0.2, -0.15) is 0 Å². The van der Waals surface area contributed by atoms with Crippen LogP contribution in [0.3, 0.4) is 0 Å². The Morgan fingerprint density at radius 2 is 1.84 bits per heavy atom. The van der Waals surface area contributed by atoms with E-state index >= 15 is 0 Å². The Morgan fingerprint density at radius 3 is 2.59 bits per heavy atom. The molecule has 1 saturated heterocycles. The third kappa shape index (κ3) is 3.92. The molecule has 1 aliphatic carbocycles. The number of rotatable bonds is 5. The average molecular weight is 435 g/mol. The second kappa shape index (κ2) is 8.72. The molecule has 2 unspecified atom stereocenters. The molecule has 5 rings (SSSR count). The van der Waals surface area contributed by atoms with E-state index < -0.39 is 0 Å². The van der Waals surface area contributed by atoms with Crippen LogP contribution in [0.1, 0.15) is 61.0 Å². The van der Waals surface area contributed by atoms with Crippen molar-refractivity contribution in [3.63, 3.8) is 0 Å². The zero-order valence-electron chi connectivity index (χ0n) is 20.2. The number of nitrogens with zero attached hydrogens (tertiary/aromatic N) is 2. The molecule has 3 aliphatic rings. The van der Waals surface area contributed by atoms with Gasteiger partial charge in [-0.3, -0.25) is 4.90 Å². The van der Waals surface area contributed by atoms with Gasteiger partial charge in [-0.25, -0.2) is 0 Å². The number of benzene rings is 2. The van der Waals surface area contributed by atoms with E-state index in [2.05, 4.69) is 67.0 Å². The van der Waals surface area contributed by atoms with Gasteiger partial charge in [-0.1, -0.05) is 38.1 Å². The number of hydrogen-bond donors (Lipinski definition) is 0. The van der Waals surface area contributed by atoms with Crippen molar-refractivity contribution >= 4 is 5.69 Å². The first-order chi connectivity index (χ1) is 15.5. The van der Waals surface area contributed by atoms with Gasteiger partial charge in [0.2, 0.25) is 0 Å². The number of aryl methyl sites for hydroxylation is 1. The van der Waals surface area contributed by atoms with Gasteiger partial charge in [0.05, 0.1) is 19.8 Å². The Kier molecular flexibility index (Phi) is 5.94. The molecule has 2 atom stereocenters. The van der Waals surface area contributed by atoms with Crippen molar-refractivity contribution in [3.05, 3.63) is 58.7 Å². The predicted molar refractivity (Wildman–Crippen MR) is 131 cm³/mol. The predicted octanol–water partition coefficient (Wildman–Crippen LogP) is 5.34. The molecule has 4 heteroatoms. The normalized spacial score (nSPS) is 24.8. The summed E-state index contributed by atoms with van der Waals surface area (Å²) < 4.78 is 12.3. The Balaban J connectivity index is 1.26. The smallest absolute Gasteiger partial charge is 0.122 e. The molecule has 2 aromatic carbocycles. The van der Waals surface area contributed by atoms with Crippen LogP contribution in [0.4, 0.5) is 5.69 Å². The number of methoxy groups -OCH3 is 1. The van der Waals surface area contributed by atoms with Crippen LogP contribution in [0.2, 0.25) is 0 Å². The summed E-state index contributed by atoms with van der Waals surface area (Å²) in [6, 6.07) is 13.2. The van der Waals surface area contributed by atoms with E-state index in [9.17, 15) is 0 Å². The molecule has 2 heterocycles. The molecule has 0 spiro atoms. The van der Waals surface area contributed by atoms with Crippen LogP contribution in [-0.4, -0.2) is 51.3 Å². The van der Waals surface area contributed by atoms with Crippen LogP contribution in [0.25, 0.3) is 0 Å². The lowest BCUT2D eigenvalue weighted by atomic mass is 9.64. The topological polar surface area (TPSA) is 24.9 Å². The summed E-state index contributed by atoms with van der Waals surface area (Å²) in [6.07, 6.45) is 3.58. The van der Waals surface area contributed by atoms with Crippen molar-refractivity contribution in [1.82, 2.24) is 4.90 Å². The molecule has 172 valence electrons. The average Bonchev–Trinajstić information content (AvgIpc) is 2.81. The number of ether oxygens (including phenoxy) is 2. The van der Waals surface area contributed by atoms with E-state index in [0.717, 1.165) is 57.9 Å². The molecule has 0 radical (unpaired) electrons. The van der Waals surface area contributed by atoms with Gasteiger partial charge in [0.1, 0.15) is 5.75 Å². The maximum atomic E-state index is 6.53. The van der Waals surface area contributed by atoms with Gasteiger partial charge in [0.25, 0.3) is 0 Å². The van der Waals surface area contributed by atoms with Gasteiger partial charge >= 0.3 is 0 Å². The van der Waals surface area contributed by atoms with Gasteiger partial charge in [-0.15, -0.1) is 0 Å². The summed E-state index contributed by atoms with van der Waals surface area (Å²) in [5, 5.41) is 0. The maximum Gasteiger partial charge on any atom is 0.122 e. The number of para-hydroxylation sites is 1. The minimum Gasteiger partial charge on any atom is -0.496 e. The van der Waals surface area contributed by atoms with E-state index in [0.29, 0.717) is 5.92 Å². The SMILES string of the molecule is COc1ccc2c3c1CCC(C)(C)C3COC2CCN1CCN(c2ccccc2C)CC1. The van der Waals surface area contributed by atoms with Crippen LogP contribution in [0.15, 0.2) is 36.4 Å². The van der Waals surface area contributed by atoms with Gasteiger partial charge in [0, 0.05) is 44.3 Å². The van der Waals surface area contributed by atoms with Gasteiger partial charge in [-0.05, 0) is 66.0 Å². The molecule has 2 aliphatic heterocycles. The lowest BCUT2D eigenvalue weighted by Gasteiger charge is -2.46. The van der Waals surface area contributed by atoms with Crippen LogP contribution < -0.4 is 9.64 Å². The second-order valence-corrected chi connectivity index (χ2v) is 10.5. The Bertz CT molecular complexity index is 962.